The van der Waals surface area contributed by atoms with Gasteiger partial charge in [-0.05, 0) is 30.3 Å². The average molecular weight is 586 g/mol. The summed E-state index contributed by atoms with van der Waals surface area (Å²) in [7, 11) is -1.83. The van der Waals surface area contributed by atoms with E-state index in [0.717, 1.165) is 25.7 Å². The first-order valence-corrected chi connectivity index (χ1v) is 14.9. The van der Waals surface area contributed by atoms with E-state index in [-0.39, 0.29) is 10.8 Å². The van der Waals surface area contributed by atoms with Crippen LogP contribution in [0.25, 0.3) is 17.4 Å². The third kappa shape index (κ3) is 5.55. The number of nitrogens with two attached hydrogens (primary N) is 1. The van der Waals surface area contributed by atoms with E-state index in [2.05, 4.69) is 30.3 Å². The third-order valence-electron chi connectivity index (χ3n) is 7.40. The number of nitrogens with one attached hydrogen (secondary N) is 1. The van der Waals surface area contributed by atoms with Crippen molar-refractivity contribution >= 4 is 33.4 Å². The van der Waals surface area contributed by atoms with Crippen LogP contribution in [0.3, 0.4) is 0 Å². The Bertz CT molecular complexity index is 1620. The zero-order valence-corrected chi connectivity index (χ0v) is 23.5. The van der Waals surface area contributed by atoms with Crippen LogP contribution in [0.15, 0.2) is 45.9 Å². The van der Waals surface area contributed by atoms with E-state index in [1.165, 1.54) is 14.9 Å². The number of piperazine rings is 2. The number of aromatic nitrogens is 5. The molecular weight excluding hydrogens is 553 g/mol. The van der Waals surface area contributed by atoms with Crippen LogP contribution in [0, 0.1) is 5.82 Å². The van der Waals surface area contributed by atoms with Crippen molar-refractivity contribution in [1.29, 1.82) is 0 Å². The van der Waals surface area contributed by atoms with Gasteiger partial charge in [-0.15, -0.1) is 5.10 Å². The molecule has 5 heterocycles. The summed E-state index contributed by atoms with van der Waals surface area (Å²) in [6, 6.07) is 7.74. The van der Waals surface area contributed by atoms with Crippen molar-refractivity contribution in [3.8, 4) is 11.6 Å². The fourth-order valence-corrected chi connectivity index (χ4v) is 6.47. The normalized spacial score (nSPS) is 17.4. The lowest BCUT2D eigenvalue weighted by Gasteiger charge is -2.37. The molecule has 0 unspecified atom stereocenters. The summed E-state index contributed by atoms with van der Waals surface area (Å²) in [4.78, 5) is 19.4. The van der Waals surface area contributed by atoms with Gasteiger partial charge >= 0.3 is 0 Å². The minimum absolute atomic E-state index is 0.00770. The fraction of sp³-hybridized carbons (Fsp3) is 0.440. The van der Waals surface area contributed by atoms with Gasteiger partial charge in [-0.2, -0.15) is 23.8 Å². The van der Waals surface area contributed by atoms with Crippen LogP contribution in [0.5, 0.6) is 0 Å². The molecule has 4 aromatic rings. The Balaban J connectivity index is 1.04. The predicted octanol–water partition coefficient (Wildman–Crippen LogP) is 0.353. The van der Waals surface area contributed by atoms with Crippen molar-refractivity contribution in [3.05, 3.63) is 42.4 Å². The van der Waals surface area contributed by atoms with E-state index < -0.39 is 15.8 Å². The Morgan fingerprint density at radius 2 is 1.85 bits per heavy atom. The average Bonchev–Trinajstić information content (AvgIpc) is 3.67. The molecule has 2 saturated heterocycles. The lowest BCUT2D eigenvalue weighted by atomic mass is 10.2. The van der Waals surface area contributed by atoms with Crippen LogP contribution in [0.1, 0.15) is 0 Å². The number of fused-ring (bicyclic) bond motifs is 1. The zero-order valence-electron chi connectivity index (χ0n) is 22.6. The quantitative estimate of drug-likeness (QED) is 0.293. The van der Waals surface area contributed by atoms with Crippen LogP contribution in [0.2, 0.25) is 0 Å². The van der Waals surface area contributed by atoms with Gasteiger partial charge in [0.1, 0.15) is 5.82 Å². The van der Waals surface area contributed by atoms with E-state index >= 15 is 4.39 Å². The van der Waals surface area contributed by atoms with Gasteiger partial charge in [-0.1, -0.05) is 0 Å². The standard InChI is InChI=1S/C25H32FN11O3S/c1-33(24-30-23(27)37-25(31-24)29-22(32-37)21-3-2-16-40-21)10-11-34-12-14-35(15-13-34)20-5-4-18(17-19(20)26)41(38,39)36-8-6-28-7-9-36/h2-5,16-17,28H,6-15H2,1H3,(H2,27,29,30,31,32). The first kappa shape index (κ1) is 27.3. The predicted molar refractivity (Wildman–Crippen MR) is 151 cm³/mol. The number of hydrogen-bond donors (Lipinski definition) is 2. The number of halogens is 1. The molecule has 0 bridgehead atoms. The third-order valence-corrected chi connectivity index (χ3v) is 9.30. The van der Waals surface area contributed by atoms with Gasteiger partial charge in [0.05, 0.1) is 16.8 Å². The molecule has 2 aliphatic rings. The van der Waals surface area contributed by atoms with Crippen LogP contribution in [-0.4, -0.2) is 115 Å². The number of benzene rings is 1. The molecule has 0 amide bonds. The summed E-state index contributed by atoms with van der Waals surface area (Å²) < 4.78 is 49.1. The van der Waals surface area contributed by atoms with Crippen molar-refractivity contribution in [2.24, 2.45) is 0 Å². The van der Waals surface area contributed by atoms with Gasteiger partial charge in [0.15, 0.2) is 5.76 Å². The van der Waals surface area contributed by atoms with E-state index in [0.29, 0.717) is 74.8 Å². The number of rotatable bonds is 8. The molecule has 41 heavy (non-hydrogen) atoms. The van der Waals surface area contributed by atoms with Crippen LogP contribution in [-0.2, 0) is 10.0 Å². The molecule has 0 spiro atoms. The topological polar surface area (TPSA) is 154 Å². The highest BCUT2D eigenvalue weighted by Crippen LogP contribution is 2.26. The minimum Gasteiger partial charge on any atom is -0.461 e. The maximum Gasteiger partial charge on any atom is 0.259 e. The van der Waals surface area contributed by atoms with Crippen molar-refractivity contribution < 1.29 is 17.2 Å². The number of hydrogen-bond acceptors (Lipinski definition) is 12. The highest BCUT2D eigenvalue weighted by atomic mass is 32.2. The molecule has 0 saturated carbocycles. The Kier molecular flexibility index (Phi) is 7.46. The molecule has 218 valence electrons. The number of furan rings is 1. The van der Waals surface area contributed by atoms with Crippen molar-refractivity contribution in [3.63, 3.8) is 0 Å². The van der Waals surface area contributed by atoms with Crippen molar-refractivity contribution in [2.45, 2.75) is 4.90 Å². The lowest BCUT2D eigenvalue weighted by molar-refractivity contribution is 0.262. The van der Waals surface area contributed by atoms with Crippen LogP contribution >= 0.6 is 0 Å². The van der Waals surface area contributed by atoms with Gasteiger partial charge in [0, 0.05) is 72.5 Å². The Morgan fingerprint density at radius 3 is 2.56 bits per heavy atom. The molecule has 6 rings (SSSR count). The van der Waals surface area contributed by atoms with Gasteiger partial charge in [0.25, 0.3) is 5.78 Å². The molecule has 16 heteroatoms. The zero-order chi connectivity index (χ0) is 28.6. The first-order valence-electron chi connectivity index (χ1n) is 13.4. The maximum atomic E-state index is 15.1. The summed E-state index contributed by atoms with van der Waals surface area (Å²) in [6.07, 6.45) is 1.54. The van der Waals surface area contributed by atoms with Crippen LogP contribution in [0.4, 0.5) is 22.0 Å². The monoisotopic (exact) mass is 585 g/mol. The Labute approximate surface area is 236 Å². The lowest BCUT2D eigenvalue weighted by Crippen LogP contribution is -2.48. The Morgan fingerprint density at radius 1 is 1.07 bits per heavy atom. The smallest absolute Gasteiger partial charge is 0.259 e. The summed E-state index contributed by atoms with van der Waals surface area (Å²) >= 11 is 0. The molecule has 14 nitrogen and oxygen atoms in total. The second-order valence-corrected chi connectivity index (χ2v) is 12.0. The van der Waals surface area contributed by atoms with Gasteiger partial charge < -0.3 is 25.3 Å². The van der Waals surface area contributed by atoms with Gasteiger partial charge in [-0.3, -0.25) is 4.90 Å². The highest BCUT2D eigenvalue weighted by Gasteiger charge is 2.28. The number of nitrogen functional groups attached to an aromatic ring is 1. The first-order chi connectivity index (χ1) is 19.8. The molecule has 1 aromatic carbocycles. The molecule has 3 N–H and O–H groups in total. The van der Waals surface area contributed by atoms with Gasteiger partial charge in [0.2, 0.25) is 27.7 Å². The molecule has 0 radical (unpaired) electrons. The number of nitrogens with zero attached hydrogens (tertiary/aromatic N) is 9. The summed E-state index contributed by atoms with van der Waals surface area (Å²) in [6.45, 7) is 6.02. The van der Waals surface area contributed by atoms with E-state index in [1.807, 2.05) is 16.8 Å². The van der Waals surface area contributed by atoms with E-state index in [9.17, 15) is 8.42 Å². The number of likely N-dealkylation sites (N-methyl/N-ethyl adjacent to an activating group) is 1. The summed E-state index contributed by atoms with van der Waals surface area (Å²) in [5, 5.41) is 7.45. The molecule has 2 aliphatic heterocycles. The molecular formula is C25H32FN11O3S. The molecule has 3 aromatic heterocycles. The van der Waals surface area contributed by atoms with Crippen molar-refractivity contribution in [1.82, 2.24) is 39.1 Å². The van der Waals surface area contributed by atoms with E-state index in [4.69, 9.17) is 10.2 Å². The van der Waals surface area contributed by atoms with E-state index in [1.54, 1.807) is 24.5 Å². The highest BCUT2D eigenvalue weighted by molar-refractivity contribution is 7.89. The number of sulfonamides is 1. The Hall–Kier alpha value is -3.86. The largest absolute Gasteiger partial charge is 0.461 e. The van der Waals surface area contributed by atoms with Crippen molar-refractivity contribution in [2.75, 3.05) is 88.0 Å². The van der Waals surface area contributed by atoms with Gasteiger partial charge in [-0.25, -0.2) is 12.8 Å². The fourth-order valence-electron chi connectivity index (χ4n) is 5.02. The molecule has 0 atom stereocenters. The minimum atomic E-state index is -3.71. The SMILES string of the molecule is CN(CCN1CCN(c2ccc(S(=O)(=O)N3CCNCC3)cc2F)CC1)c1nc(N)n2nc(-c3ccco3)nc2n1. The molecule has 0 aliphatic carbocycles. The second kappa shape index (κ2) is 11.2. The summed E-state index contributed by atoms with van der Waals surface area (Å²) in [5.41, 5.74) is 6.54. The maximum absolute atomic E-state index is 15.1. The second-order valence-electron chi connectivity index (χ2n) is 10.0. The number of anilines is 3. The van der Waals surface area contributed by atoms with Crippen LogP contribution < -0.4 is 20.9 Å². The molecule has 2 fully saturated rings. The summed E-state index contributed by atoms with van der Waals surface area (Å²) in [5.74, 6) is 1.30.